The maximum atomic E-state index is 13.6. The Labute approximate surface area is 190 Å². The van der Waals surface area contributed by atoms with E-state index in [-0.39, 0.29) is 23.1 Å². The molecule has 9 nitrogen and oxygen atoms in total. The van der Waals surface area contributed by atoms with Gasteiger partial charge in [-0.25, -0.2) is 13.7 Å². The molecule has 2 aromatic heterocycles. The van der Waals surface area contributed by atoms with E-state index in [4.69, 9.17) is 0 Å². The number of fused-ring (bicyclic) bond motifs is 1. The highest BCUT2D eigenvalue weighted by molar-refractivity contribution is 6.00. The van der Waals surface area contributed by atoms with Crippen LogP contribution < -0.4 is 15.4 Å². The first-order chi connectivity index (χ1) is 16.0. The number of halogens is 4. The van der Waals surface area contributed by atoms with Gasteiger partial charge < -0.3 is 24.8 Å². The molecule has 1 saturated heterocycles. The number of alkyl halides is 3. The maximum absolute atomic E-state index is 13.6. The fourth-order valence-electron chi connectivity index (χ4n) is 4.80. The number of nitrogens with one attached hydrogen (secondary N) is 2. The van der Waals surface area contributed by atoms with Crippen molar-refractivity contribution in [1.29, 1.82) is 0 Å². The smallest absolute Gasteiger partial charge is 0.406 e. The number of rotatable bonds is 4. The summed E-state index contributed by atoms with van der Waals surface area (Å²) < 4.78 is 57.8. The molecule has 0 radical (unpaired) electrons. The molecule has 2 fully saturated rings. The minimum atomic E-state index is -4.98. The molecule has 3 aromatic rings. The van der Waals surface area contributed by atoms with Crippen molar-refractivity contribution in [1.82, 2.24) is 24.4 Å². The lowest BCUT2D eigenvalue weighted by molar-refractivity contribution is -0.274. The summed E-state index contributed by atoms with van der Waals surface area (Å²) in [6, 6.07) is 1.52. The number of nitrogens with zero attached hydrogens (tertiary/aromatic N) is 4. The number of benzene rings is 1. The van der Waals surface area contributed by atoms with Crippen molar-refractivity contribution in [2.45, 2.75) is 25.2 Å². The van der Waals surface area contributed by atoms with E-state index in [1.165, 1.54) is 0 Å². The van der Waals surface area contributed by atoms with E-state index in [9.17, 15) is 27.2 Å². The van der Waals surface area contributed by atoms with E-state index in [0.29, 0.717) is 37.6 Å². The first-order valence-corrected chi connectivity index (χ1v) is 10.4. The van der Waals surface area contributed by atoms with Crippen LogP contribution >= 0.6 is 0 Å². The molecular weight excluding hydrogens is 460 g/mol. The average Bonchev–Trinajstić information content (AvgIpc) is 3.23. The number of likely N-dealkylation sites (tertiary alicyclic amines) is 1. The van der Waals surface area contributed by atoms with Crippen LogP contribution in [0.15, 0.2) is 36.8 Å². The molecule has 1 saturated carbocycles. The van der Waals surface area contributed by atoms with Gasteiger partial charge in [0.05, 0.1) is 6.20 Å². The molecule has 0 atom stereocenters. The van der Waals surface area contributed by atoms with Crippen molar-refractivity contribution >= 4 is 23.3 Å². The molecule has 180 valence electrons. The molecule has 13 heteroatoms. The molecule has 1 aliphatic carbocycles. The number of carbonyl (C=O) groups excluding carboxylic acids is 2. The number of amides is 3. The molecule has 3 amide bonds. The van der Waals surface area contributed by atoms with Crippen molar-refractivity contribution in [3.05, 3.63) is 48.2 Å². The summed E-state index contributed by atoms with van der Waals surface area (Å²) in [5.41, 5.74) is 1.01. The molecule has 0 bridgehead atoms. The minimum absolute atomic E-state index is 0.0688. The second-order valence-corrected chi connectivity index (χ2v) is 8.82. The Hall–Kier alpha value is -3.77. The number of imidazole rings is 1. The van der Waals surface area contributed by atoms with Gasteiger partial charge in [0.1, 0.15) is 22.8 Å². The molecule has 5 rings (SSSR count). The third kappa shape index (κ3) is 4.13. The van der Waals surface area contributed by atoms with E-state index in [2.05, 4.69) is 20.5 Å². The number of anilines is 1. The summed E-state index contributed by atoms with van der Waals surface area (Å²) in [5, 5.41) is 9.23. The lowest BCUT2D eigenvalue weighted by atomic mass is 9.60. The number of ether oxygens (including phenoxy) is 1. The molecular formula is C21H20F4N6O3. The van der Waals surface area contributed by atoms with Crippen molar-refractivity contribution in [3.63, 3.8) is 0 Å². The van der Waals surface area contributed by atoms with Crippen LogP contribution in [-0.2, 0) is 7.05 Å². The number of urea groups is 1. The monoisotopic (exact) mass is 480 g/mol. The molecule has 2 N–H and O–H groups in total. The Kier molecular flexibility index (Phi) is 4.95. The third-order valence-electron chi connectivity index (χ3n) is 6.16. The maximum Gasteiger partial charge on any atom is 0.573 e. The highest BCUT2D eigenvalue weighted by Crippen LogP contribution is 2.48. The Bertz CT molecular complexity index is 1270. The Morgan fingerprint density at radius 2 is 1.91 bits per heavy atom. The first kappa shape index (κ1) is 22.0. The summed E-state index contributed by atoms with van der Waals surface area (Å²) >= 11 is 0. The van der Waals surface area contributed by atoms with Gasteiger partial charge in [0.2, 0.25) is 0 Å². The van der Waals surface area contributed by atoms with E-state index >= 15 is 0 Å². The van der Waals surface area contributed by atoms with E-state index in [1.807, 2.05) is 17.8 Å². The molecule has 1 spiro atoms. The number of aryl methyl sites for hydroxylation is 1. The standard InChI is InChI=1S/C21H20F4N6O3/c1-29-2-3-31-17(29)16(9-26-31)18(32)30-10-20(11-30)7-14(8-20)28-19(33)27-13-4-12(22)5-15(6-13)34-21(23,24)25/h2-6,9,14H,7-8,10-11H2,1H3,(H2,27,28,33). The SMILES string of the molecule is Cn1ccn2ncc(C(=O)N3CC4(CC(NC(=O)Nc5cc(F)cc(OC(F)(F)F)c5)C4)C3)c12. The van der Waals surface area contributed by atoms with Crippen LogP contribution in [0.2, 0.25) is 0 Å². The number of hydrogen-bond donors (Lipinski definition) is 2. The topological polar surface area (TPSA) is 92.9 Å². The fraction of sp³-hybridized carbons (Fsp3) is 0.381. The van der Waals surface area contributed by atoms with Gasteiger partial charge in [-0.2, -0.15) is 5.10 Å². The van der Waals surface area contributed by atoms with Gasteiger partial charge in [-0.05, 0) is 18.9 Å². The molecule has 3 heterocycles. The van der Waals surface area contributed by atoms with E-state index in [1.54, 1.807) is 21.8 Å². The summed E-state index contributed by atoms with van der Waals surface area (Å²) in [6.07, 6.45) is 1.47. The highest BCUT2D eigenvalue weighted by atomic mass is 19.4. The van der Waals surface area contributed by atoms with E-state index in [0.717, 1.165) is 17.8 Å². The van der Waals surface area contributed by atoms with Gasteiger partial charge >= 0.3 is 12.4 Å². The van der Waals surface area contributed by atoms with Gasteiger partial charge in [0.25, 0.3) is 5.91 Å². The predicted molar refractivity (Wildman–Crippen MR) is 111 cm³/mol. The summed E-state index contributed by atoms with van der Waals surface area (Å²) in [6.45, 7) is 1.13. The summed E-state index contributed by atoms with van der Waals surface area (Å²) in [7, 11) is 1.84. The zero-order chi connectivity index (χ0) is 24.3. The largest absolute Gasteiger partial charge is 0.573 e. The van der Waals surface area contributed by atoms with Gasteiger partial charge in [0.15, 0.2) is 0 Å². The lowest BCUT2D eigenvalue weighted by Crippen LogP contribution is -2.67. The van der Waals surface area contributed by atoms with Gasteiger partial charge in [-0.3, -0.25) is 4.79 Å². The molecule has 0 unspecified atom stereocenters. The van der Waals surface area contributed by atoms with Gasteiger partial charge in [-0.1, -0.05) is 0 Å². The lowest BCUT2D eigenvalue weighted by Gasteiger charge is -2.58. The molecule has 1 aromatic carbocycles. The zero-order valence-corrected chi connectivity index (χ0v) is 17.9. The Morgan fingerprint density at radius 1 is 1.18 bits per heavy atom. The Balaban J connectivity index is 1.12. The van der Waals surface area contributed by atoms with Gasteiger partial charge in [-0.15, -0.1) is 13.2 Å². The molecule has 2 aliphatic rings. The third-order valence-corrected chi connectivity index (χ3v) is 6.16. The average molecular weight is 480 g/mol. The summed E-state index contributed by atoms with van der Waals surface area (Å²) in [5.74, 6) is -1.85. The highest BCUT2D eigenvalue weighted by Gasteiger charge is 2.54. The second-order valence-electron chi connectivity index (χ2n) is 8.82. The van der Waals surface area contributed by atoms with Crippen LogP contribution in [0.25, 0.3) is 5.65 Å². The quantitative estimate of drug-likeness (QED) is 0.562. The van der Waals surface area contributed by atoms with Crippen LogP contribution in [0.5, 0.6) is 5.75 Å². The molecule has 1 aliphatic heterocycles. The van der Waals surface area contributed by atoms with Crippen LogP contribution in [0.4, 0.5) is 28.0 Å². The number of carbonyl (C=O) groups is 2. The normalized spacial score (nSPS) is 17.4. The summed E-state index contributed by atoms with van der Waals surface area (Å²) in [4.78, 5) is 26.8. The fourth-order valence-corrected chi connectivity index (χ4v) is 4.80. The minimum Gasteiger partial charge on any atom is -0.406 e. The first-order valence-electron chi connectivity index (χ1n) is 10.4. The number of hydrogen-bond acceptors (Lipinski definition) is 4. The molecule has 34 heavy (non-hydrogen) atoms. The Morgan fingerprint density at radius 3 is 2.62 bits per heavy atom. The van der Waals surface area contributed by atoms with Gasteiger partial charge in [0, 0.05) is 61.8 Å². The number of aromatic nitrogens is 3. The zero-order valence-electron chi connectivity index (χ0n) is 17.9. The van der Waals surface area contributed by atoms with Crippen LogP contribution in [-0.4, -0.2) is 56.5 Å². The van der Waals surface area contributed by atoms with Crippen LogP contribution in [0.1, 0.15) is 23.2 Å². The van der Waals surface area contributed by atoms with Crippen molar-refractivity contribution < 1.29 is 31.9 Å². The second kappa shape index (κ2) is 7.64. The van der Waals surface area contributed by atoms with Crippen molar-refractivity contribution in [3.8, 4) is 5.75 Å². The van der Waals surface area contributed by atoms with Crippen LogP contribution in [0.3, 0.4) is 0 Å². The predicted octanol–water partition coefficient (Wildman–Crippen LogP) is 3.14. The van der Waals surface area contributed by atoms with Crippen molar-refractivity contribution in [2.24, 2.45) is 12.5 Å². The van der Waals surface area contributed by atoms with E-state index < -0.39 is 24.0 Å². The van der Waals surface area contributed by atoms with Crippen LogP contribution in [0, 0.1) is 11.2 Å². The van der Waals surface area contributed by atoms with Crippen molar-refractivity contribution in [2.75, 3.05) is 18.4 Å².